The van der Waals surface area contributed by atoms with Crippen LogP contribution in [0, 0.1) is 0 Å². The summed E-state index contributed by atoms with van der Waals surface area (Å²) in [5.41, 5.74) is 1.20. The number of nitrogens with one attached hydrogen (secondary N) is 1. The number of hydrogen-bond acceptors (Lipinski definition) is 4. The van der Waals surface area contributed by atoms with Crippen molar-refractivity contribution >= 4 is 11.3 Å². The highest BCUT2D eigenvalue weighted by atomic mass is 32.1. The summed E-state index contributed by atoms with van der Waals surface area (Å²) in [5.74, 6) is 0. The maximum absolute atomic E-state index is 4.69. The Balaban J connectivity index is 1.82. The minimum atomic E-state index is 0.910. The van der Waals surface area contributed by atoms with E-state index in [1.807, 2.05) is 11.3 Å². The quantitative estimate of drug-likeness (QED) is 0.874. The van der Waals surface area contributed by atoms with Crippen molar-refractivity contribution in [3.8, 4) is 0 Å². The molecule has 1 N–H and O–H groups in total. The van der Waals surface area contributed by atoms with Crippen molar-refractivity contribution < 1.29 is 0 Å². The molecule has 0 aromatic carbocycles. The molecule has 2 heterocycles. The summed E-state index contributed by atoms with van der Waals surface area (Å²) in [6, 6.07) is 0. The van der Waals surface area contributed by atoms with Crippen LogP contribution in [0.2, 0.25) is 0 Å². The molecule has 0 spiro atoms. The van der Waals surface area contributed by atoms with E-state index in [2.05, 4.69) is 27.5 Å². The van der Waals surface area contributed by atoms with Crippen LogP contribution in [0.15, 0.2) is 5.38 Å². The first-order valence-electron chi connectivity index (χ1n) is 6.75. The van der Waals surface area contributed by atoms with Gasteiger partial charge in [0.15, 0.2) is 0 Å². The molecule has 1 aliphatic rings. The fourth-order valence-corrected chi connectivity index (χ4v) is 3.08. The van der Waals surface area contributed by atoms with Crippen LogP contribution in [0.4, 0.5) is 0 Å². The summed E-state index contributed by atoms with van der Waals surface area (Å²) >= 11 is 1.81. The second-order valence-electron chi connectivity index (χ2n) is 4.70. The van der Waals surface area contributed by atoms with Gasteiger partial charge in [-0.2, -0.15) is 0 Å². The maximum atomic E-state index is 4.69. The number of hydrogen-bond donors (Lipinski definition) is 1. The summed E-state index contributed by atoms with van der Waals surface area (Å²) in [7, 11) is 0. The van der Waals surface area contributed by atoms with Crippen molar-refractivity contribution in [2.24, 2.45) is 0 Å². The Hall–Kier alpha value is -0.450. The molecule has 0 unspecified atom stereocenters. The Kier molecular flexibility index (Phi) is 5.42. The minimum Gasteiger partial charge on any atom is -0.311 e. The molecular formula is C13H23N3S. The molecule has 3 nitrogen and oxygen atoms in total. The van der Waals surface area contributed by atoms with Crippen molar-refractivity contribution in [1.82, 2.24) is 15.2 Å². The van der Waals surface area contributed by atoms with Crippen molar-refractivity contribution in [2.45, 2.75) is 45.7 Å². The van der Waals surface area contributed by atoms with Gasteiger partial charge in [-0.15, -0.1) is 11.3 Å². The SMILES string of the molecule is CCNCc1csc(CN2CCCCCC2)n1. The fourth-order valence-electron chi connectivity index (χ4n) is 2.24. The second-order valence-corrected chi connectivity index (χ2v) is 5.65. The lowest BCUT2D eigenvalue weighted by atomic mass is 10.2. The van der Waals surface area contributed by atoms with E-state index in [0.29, 0.717) is 0 Å². The van der Waals surface area contributed by atoms with Crippen LogP contribution in [-0.4, -0.2) is 29.5 Å². The molecular weight excluding hydrogens is 230 g/mol. The lowest BCUT2D eigenvalue weighted by Crippen LogP contribution is -2.23. The smallest absolute Gasteiger partial charge is 0.107 e. The van der Waals surface area contributed by atoms with Crippen LogP contribution in [0.3, 0.4) is 0 Å². The van der Waals surface area contributed by atoms with Gasteiger partial charge in [-0.1, -0.05) is 19.8 Å². The molecule has 96 valence electrons. The summed E-state index contributed by atoms with van der Waals surface area (Å²) in [6.45, 7) is 7.61. The first kappa shape index (κ1) is 13.0. The number of thiazole rings is 1. The third-order valence-corrected chi connectivity index (χ3v) is 4.10. The monoisotopic (exact) mass is 253 g/mol. The highest BCUT2D eigenvalue weighted by Crippen LogP contribution is 2.16. The van der Waals surface area contributed by atoms with E-state index in [4.69, 9.17) is 0 Å². The molecule has 1 aliphatic heterocycles. The molecule has 0 bridgehead atoms. The van der Waals surface area contributed by atoms with E-state index in [1.165, 1.54) is 49.5 Å². The third-order valence-electron chi connectivity index (χ3n) is 3.21. The Labute approximate surface area is 108 Å². The van der Waals surface area contributed by atoms with Crippen LogP contribution in [-0.2, 0) is 13.1 Å². The van der Waals surface area contributed by atoms with Gasteiger partial charge in [-0.25, -0.2) is 4.98 Å². The molecule has 0 atom stereocenters. The molecule has 0 radical (unpaired) electrons. The van der Waals surface area contributed by atoms with Crippen molar-refractivity contribution in [3.63, 3.8) is 0 Å². The normalized spacial score (nSPS) is 18.2. The van der Waals surface area contributed by atoms with Gasteiger partial charge in [0.25, 0.3) is 0 Å². The molecule has 0 saturated carbocycles. The lowest BCUT2D eigenvalue weighted by molar-refractivity contribution is 0.276. The van der Waals surface area contributed by atoms with Crippen LogP contribution >= 0.6 is 11.3 Å². The average Bonchev–Trinajstić information content (AvgIpc) is 2.61. The lowest BCUT2D eigenvalue weighted by Gasteiger charge is -2.17. The predicted octanol–water partition coefficient (Wildman–Crippen LogP) is 2.63. The highest BCUT2D eigenvalue weighted by Gasteiger charge is 2.11. The topological polar surface area (TPSA) is 28.2 Å². The van der Waals surface area contributed by atoms with Gasteiger partial charge >= 0.3 is 0 Å². The van der Waals surface area contributed by atoms with Crippen molar-refractivity contribution in [2.75, 3.05) is 19.6 Å². The number of likely N-dealkylation sites (tertiary alicyclic amines) is 1. The molecule has 0 amide bonds. The highest BCUT2D eigenvalue weighted by molar-refractivity contribution is 7.09. The predicted molar refractivity (Wildman–Crippen MR) is 73.2 cm³/mol. The van der Waals surface area contributed by atoms with E-state index in [0.717, 1.165) is 19.6 Å². The zero-order valence-electron chi connectivity index (χ0n) is 10.7. The first-order chi connectivity index (χ1) is 8.38. The third kappa shape index (κ3) is 4.37. The van der Waals surface area contributed by atoms with Gasteiger partial charge in [-0.05, 0) is 32.5 Å². The molecule has 4 heteroatoms. The molecule has 1 aromatic heterocycles. The Bertz CT molecular complexity index is 316. The summed E-state index contributed by atoms with van der Waals surface area (Å²) in [5, 5.41) is 6.79. The van der Waals surface area contributed by atoms with Gasteiger partial charge in [0.05, 0.1) is 12.2 Å². The van der Waals surface area contributed by atoms with E-state index in [-0.39, 0.29) is 0 Å². The van der Waals surface area contributed by atoms with Crippen molar-refractivity contribution in [1.29, 1.82) is 0 Å². The second kappa shape index (κ2) is 7.09. The zero-order valence-corrected chi connectivity index (χ0v) is 11.6. The van der Waals surface area contributed by atoms with Crippen molar-refractivity contribution in [3.05, 3.63) is 16.1 Å². The van der Waals surface area contributed by atoms with Gasteiger partial charge in [0.2, 0.25) is 0 Å². The Morgan fingerprint density at radius 3 is 2.76 bits per heavy atom. The van der Waals surface area contributed by atoms with Gasteiger partial charge < -0.3 is 5.32 Å². The van der Waals surface area contributed by atoms with Crippen LogP contribution < -0.4 is 5.32 Å². The number of nitrogens with zero attached hydrogens (tertiary/aromatic N) is 2. The molecule has 0 aliphatic carbocycles. The number of rotatable bonds is 5. The van der Waals surface area contributed by atoms with Gasteiger partial charge in [0.1, 0.15) is 5.01 Å². The Morgan fingerprint density at radius 1 is 1.29 bits per heavy atom. The standard InChI is InChI=1S/C13H23N3S/c1-2-14-9-12-11-17-13(15-12)10-16-7-5-3-4-6-8-16/h11,14H,2-10H2,1H3. The summed E-state index contributed by atoms with van der Waals surface area (Å²) in [4.78, 5) is 7.25. The molecule has 2 rings (SSSR count). The van der Waals surface area contributed by atoms with E-state index in [9.17, 15) is 0 Å². The van der Waals surface area contributed by atoms with Crippen LogP contribution in [0.1, 0.15) is 43.3 Å². The van der Waals surface area contributed by atoms with E-state index >= 15 is 0 Å². The largest absolute Gasteiger partial charge is 0.311 e. The van der Waals surface area contributed by atoms with E-state index in [1.54, 1.807) is 0 Å². The zero-order chi connectivity index (χ0) is 11.9. The molecule has 1 saturated heterocycles. The van der Waals surface area contributed by atoms with Crippen LogP contribution in [0.25, 0.3) is 0 Å². The van der Waals surface area contributed by atoms with Gasteiger partial charge in [0, 0.05) is 11.9 Å². The number of aromatic nitrogens is 1. The van der Waals surface area contributed by atoms with Crippen LogP contribution in [0.5, 0.6) is 0 Å². The minimum absolute atomic E-state index is 0.910. The summed E-state index contributed by atoms with van der Waals surface area (Å²) in [6.07, 6.45) is 5.52. The summed E-state index contributed by atoms with van der Waals surface area (Å²) < 4.78 is 0. The molecule has 1 aromatic rings. The first-order valence-corrected chi connectivity index (χ1v) is 7.63. The fraction of sp³-hybridized carbons (Fsp3) is 0.769. The molecule has 17 heavy (non-hydrogen) atoms. The maximum Gasteiger partial charge on any atom is 0.107 e. The molecule has 1 fully saturated rings. The van der Waals surface area contributed by atoms with Gasteiger partial charge in [-0.3, -0.25) is 4.90 Å². The van der Waals surface area contributed by atoms with E-state index < -0.39 is 0 Å². The average molecular weight is 253 g/mol. The Morgan fingerprint density at radius 2 is 2.06 bits per heavy atom.